The Morgan fingerprint density at radius 1 is 1.41 bits per heavy atom. The fraction of sp³-hybridized carbons (Fsp3) is 0.500. The zero-order valence-corrected chi connectivity index (χ0v) is 10.9. The minimum Gasteiger partial charge on any atom is -0.380 e. The van der Waals surface area contributed by atoms with E-state index in [2.05, 4.69) is 26.6 Å². The SMILES string of the molecule is FC(F)c1ccc(NC2CCCNC2)c(Br)c1. The van der Waals surface area contributed by atoms with E-state index in [0.717, 1.165) is 31.6 Å². The molecule has 17 heavy (non-hydrogen) atoms. The topological polar surface area (TPSA) is 24.1 Å². The average molecular weight is 305 g/mol. The van der Waals surface area contributed by atoms with E-state index < -0.39 is 6.43 Å². The Kier molecular flexibility index (Phi) is 4.34. The number of alkyl halides is 2. The van der Waals surface area contributed by atoms with Crippen LogP contribution in [0.4, 0.5) is 14.5 Å². The maximum atomic E-state index is 12.5. The third-order valence-electron chi connectivity index (χ3n) is 2.90. The third kappa shape index (κ3) is 3.39. The first kappa shape index (κ1) is 12.8. The smallest absolute Gasteiger partial charge is 0.263 e. The highest BCUT2D eigenvalue weighted by Crippen LogP contribution is 2.29. The zero-order valence-electron chi connectivity index (χ0n) is 9.35. The molecule has 1 aromatic rings. The van der Waals surface area contributed by atoms with Crippen LogP contribution in [0.2, 0.25) is 0 Å². The molecule has 0 aliphatic carbocycles. The summed E-state index contributed by atoms with van der Waals surface area (Å²) in [6, 6.07) is 5.02. The molecule has 1 unspecified atom stereocenters. The van der Waals surface area contributed by atoms with E-state index in [1.165, 1.54) is 12.1 Å². The van der Waals surface area contributed by atoms with Gasteiger partial charge in [-0.25, -0.2) is 8.78 Å². The van der Waals surface area contributed by atoms with Crippen LogP contribution in [0.1, 0.15) is 24.8 Å². The van der Waals surface area contributed by atoms with Crippen LogP contribution >= 0.6 is 15.9 Å². The van der Waals surface area contributed by atoms with Gasteiger partial charge in [-0.3, -0.25) is 0 Å². The number of hydrogen-bond donors (Lipinski definition) is 2. The number of halogens is 3. The second-order valence-electron chi connectivity index (χ2n) is 4.23. The highest BCUT2D eigenvalue weighted by Gasteiger charge is 2.15. The number of rotatable bonds is 3. The maximum Gasteiger partial charge on any atom is 0.263 e. The van der Waals surface area contributed by atoms with Gasteiger partial charge in [0.05, 0.1) is 0 Å². The molecule has 0 amide bonds. The van der Waals surface area contributed by atoms with Crippen LogP contribution in [0.15, 0.2) is 22.7 Å². The minimum absolute atomic E-state index is 0.0456. The Labute approximate surface area is 108 Å². The third-order valence-corrected chi connectivity index (χ3v) is 3.56. The van der Waals surface area contributed by atoms with Crippen molar-refractivity contribution in [2.24, 2.45) is 0 Å². The molecule has 1 atom stereocenters. The Morgan fingerprint density at radius 2 is 2.24 bits per heavy atom. The minimum atomic E-state index is -2.42. The first-order valence-corrected chi connectivity index (χ1v) is 6.51. The first-order valence-electron chi connectivity index (χ1n) is 5.71. The summed E-state index contributed by atoms with van der Waals surface area (Å²) in [5.41, 5.74) is 0.923. The molecule has 94 valence electrons. The molecule has 1 heterocycles. The van der Waals surface area contributed by atoms with Gasteiger partial charge in [-0.05, 0) is 47.4 Å². The summed E-state index contributed by atoms with van der Waals surface area (Å²) in [5.74, 6) is 0. The molecule has 2 N–H and O–H groups in total. The second kappa shape index (κ2) is 5.78. The van der Waals surface area contributed by atoms with Gasteiger partial charge in [-0.15, -0.1) is 0 Å². The maximum absolute atomic E-state index is 12.5. The molecule has 0 radical (unpaired) electrons. The predicted molar refractivity (Wildman–Crippen MR) is 68.6 cm³/mol. The molecular formula is C12H15BrF2N2. The normalized spacial score (nSPS) is 20.6. The molecule has 2 nitrogen and oxygen atoms in total. The average Bonchev–Trinajstić information content (AvgIpc) is 2.33. The molecule has 0 saturated carbocycles. The Balaban J connectivity index is 2.05. The summed E-state index contributed by atoms with van der Waals surface area (Å²) in [6.07, 6.45) is -0.169. The van der Waals surface area contributed by atoms with Crippen LogP contribution in [-0.4, -0.2) is 19.1 Å². The number of benzene rings is 1. The number of hydrogen-bond acceptors (Lipinski definition) is 2. The van der Waals surface area contributed by atoms with Crippen molar-refractivity contribution in [1.29, 1.82) is 0 Å². The molecule has 0 bridgehead atoms. The van der Waals surface area contributed by atoms with Gasteiger partial charge >= 0.3 is 0 Å². The highest BCUT2D eigenvalue weighted by atomic mass is 79.9. The van der Waals surface area contributed by atoms with Gasteiger partial charge in [0.2, 0.25) is 0 Å². The highest BCUT2D eigenvalue weighted by molar-refractivity contribution is 9.10. The predicted octanol–water partition coefficient (Wildman–Crippen LogP) is 3.55. The van der Waals surface area contributed by atoms with Gasteiger partial charge in [0.25, 0.3) is 6.43 Å². The number of piperidine rings is 1. The van der Waals surface area contributed by atoms with Crippen LogP contribution in [0.3, 0.4) is 0 Å². The summed E-state index contributed by atoms with van der Waals surface area (Å²) in [7, 11) is 0. The van der Waals surface area contributed by atoms with Crippen molar-refractivity contribution >= 4 is 21.6 Å². The zero-order chi connectivity index (χ0) is 12.3. The van der Waals surface area contributed by atoms with Gasteiger partial charge in [0.15, 0.2) is 0 Å². The van der Waals surface area contributed by atoms with Crippen LogP contribution in [-0.2, 0) is 0 Å². The molecule has 1 aromatic carbocycles. The van der Waals surface area contributed by atoms with E-state index in [0.29, 0.717) is 10.5 Å². The van der Waals surface area contributed by atoms with Gasteiger partial charge in [-0.2, -0.15) is 0 Å². The number of nitrogens with one attached hydrogen (secondary N) is 2. The quantitative estimate of drug-likeness (QED) is 0.892. The fourth-order valence-electron chi connectivity index (χ4n) is 1.98. The molecule has 0 spiro atoms. The molecule has 1 aliphatic rings. The van der Waals surface area contributed by atoms with Gasteiger partial charge in [0.1, 0.15) is 0 Å². The molecule has 1 fully saturated rings. The monoisotopic (exact) mass is 304 g/mol. The van der Waals surface area contributed by atoms with Crippen LogP contribution in [0.25, 0.3) is 0 Å². The van der Waals surface area contributed by atoms with Crippen molar-refractivity contribution in [2.75, 3.05) is 18.4 Å². The first-order chi connectivity index (χ1) is 8.16. The lowest BCUT2D eigenvalue weighted by atomic mass is 10.1. The lowest BCUT2D eigenvalue weighted by molar-refractivity contribution is 0.151. The van der Waals surface area contributed by atoms with Crippen LogP contribution < -0.4 is 10.6 Å². The van der Waals surface area contributed by atoms with E-state index in [-0.39, 0.29) is 5.56 Å². The Morgan fingerprint density at radius 3 is 2.82 bits per heavy atom. The summed E-state index contributed by atoms with van der Waals surface area (Å²) < 4.78 is 25.7. The van der Waals surface area contributed by atoms with E-state index in [1.807, 2.05) is 0 Å². The lowest BCUT2D eigenvalue weighted by Crippen LogP contribution is -2.38. The summed E-state index contributed by atoms with van der Waals surface area (Å²) >= 11 is 3.33. The molecule has 1 aliphatic heterocycles. The van der Waals surface area contributed by atoms with Crippen molar-refractivity contribution in [3.63, 3.8) is 0 Å². The second-order valence-corrected chi connectivity index (χ2v) is 5.08. The van der Waals surface area contributed by atoms with E-state index in [9.17, 15) is 8.78 Å². The summed E-state index contributed by atoms with van der Waals surface area (Å²) in [5, 5.41) is 6.67. The molecular weight excluding hydrogens is 290 g/mol. The molecule has 1 saturated heterocycles. The largest absolute Gasteiger partial charge is 0.380 e. The summed E-state index contributed by atoms with van der Waals surface area (Å²) in [6.45, 7) is 1.98. The van der Waals surface area contributed by atoms with Crippen LogP contribution in [0, 0.1) is 0 Å². The molecule has 0 aromatic heterocycles. The molecule has 5 heteroatoms. The van der Waals surface area contributed by atoms with Gasteiger partial charge in [-0.1, -0.05) is 6.07 Å². The van der Waals surface area contributed by atoms with Gasteiger partial charge < -0.3 is 10.6 Å². The van der Waals surface area contributed by atoms with Gasteiger partial charge in [0, 0.05) is 28.3 Å². The van der Waals surface area contributed by atoms with E-state index in [4.69, 9.17) is 0 Å². The van der Waals surface area contributed by atoms with Crippen LogP contribution in [0.5, 0.6) is 0 Å². The van der Waals surface area contributed by atoms with E-state index >= 15 is 0 Å². The molecule has 2 rings (SSSR count). The van der Waals surface area contributed by atoms with Crippen molar-refractivity contribution in [3.05, 3.63) is 28.2 Å². The van der Waals surface area contributed by atoms with Crippen molar-refractivity contribution in [2.45, 2.75) is 25.3 Å². The summed E-state index contributed by atoms with van der Waals surface area (Å²) in [4.78, 5) is 0. The fourth-order valence-corrected chi connectivity index (χ4v) is 2.49. The van der Waals surface area contributed by atoms with Crippen molar-refractivity contribution in [1.82, 2.24) is 5.32 Å². The lowest BCUT2D eigenvalue weighted by Gasteiger charge is -2.25. The Bertz CT molecular complexity index is 379. The van der Waals surface area contributed by atoms with Crippen molar-refractivity contribution in [3.8, 4) is 0 Å². The standard InChI is InChI=1S/C12H15BrF2N2/c13-10-6-8(12(14)15)3-4-11(10)17-9-2-1-5-16-7-9/h3-4,6,9,12,16-17H,1-2,5,7H2. The number of anilines is 1. The van der Waals surface area contributed by atoms with Crippen molar-refractivity contribution < 1.29 is 8.78 Å². The Hall–Kier alpha value is -0.680. The van der Waals surface area contributed by atoms with E-state index in [1.54, 1.807) is 6.07 Å².